The zero-order valence-electron chi connectivity index (χ0n) is 15.0. The van der Waals surface area contributed by atoms with Crippen LogP contribution < -0.4 is 5.56 Å². The molecule has 0 saturated heterocycles. The largest absolute Gasteiger partial charge is 0.462 e. The molecule has 1 heterocycles. The maximum atomic E-state index is 12.7. The fraction of sp³-hybridized carbons (Fsp3) is 0.421. The van der Waals surface area contributed by atoms with Gasteiger partial charge in [0, 0.05) is 12.6 Å². The van der Waals surface area contributed by atoms with Gasteiger partial charge in [-0.2, -0.15) is 5.10 Å². The number of benzene rings is 1. The maximum absolute atomic E-state index is 12.7. The average molecular weight is 343 g/mol. The highest BCUT2D eigenvalue weighted by Gasteiger charge is 2.26. The molecule has 0 aliphatic rings. The van der Waals surface area contributed by atoms with E-state index >= 15 is 0 Å². The fourth-order valence-corrected chi connectivity index (χ4v) is 2.61. The van der Waals surface area contributed by atoms with E-state index in [2.05, 4.69) is 23.8 Å². The first-order valence-corrected chi connectivity index (χ1v) is 8.57. The molecule has 0 N–H and O–H groups in total. The van der Waals surface area contributed by atoms with Crippen LogP contribution >= 0.6 is 0 Å². The summed E-state index contributed by atoms with van der Waals surface area (Å²) in [5.41, 5.74) is 1.01. The molecular formula is C19H25N3O3. The minimum Gasteiger partial charge on any atom is -0.462 e. The van der Waals surface area contributed by atoms with E-state index in [1.165, 1.54) is 10.7 Å². The number of aromatic nitrogens is 2. The molecule has 2 aromatic rings. The summed E-state index contributed by atoms with van der Waals surface area (Å²) < 4.78 is 6.66. The molecule has 0 spiro atoms. The molecule has 0 aliphatic carbocycles. The lowest BCUT2D eigenvalue weighted by atomic mass is 10.1. The van der Waals surface area contributed by atoms with Crippen LogP contribution in [0.25, 0.3) is 0 Å². The molecule has 6 nitrogen and oxygen atoms in total. The first kappa shape index (κ1) is 18.9. The van der Waals surface area contributed by atoms with Crippen molar-refractivity contribution < 1.29 is 9.53 Å². The summed E-state index contributed by atoms with van der Waals surface area (Å²) in [6, 6.07) is 11.3. The van der Waals surface area contributed by atoms with Gasteiger partial charge in [-0.3, -0.25) is 4.79 Å². The van der Waals surface area contributed by atoms with Gasteiger partial charge in [-0.05, 0) is 31.6 Å². The van der Waals surface area contributed by atoms with Gasteiger partial charge >= 0.3 is 5.97 Å². The number of esters is 1. The number of nitrogens with zero attached hydrogens (tertiary/aromatic N) is 3. The quantitative estimate of drug-likeness (QED) is 0.686. The van der Waals surface area contributed by atoms with Gasteiger partial charge in [0.1, 0.15) is 6.61 Å². The second-order valence-electron chi connectivity index (χ2n) is 5.77. The van der Waals surface area contributed by atoms with Gasteiger partial charge < -0.3 is 9.64 Å². The number of hydrogen-bond donors (Lipinski definition) is 0. The summed E-state index contributed by atoms with van der Waals surface area (Å²) in [4.78, 5) is 27.1. The molecule has 2 rings (SSSR count). The van der Waals surface area contributed by atoms with Gasteiger partial charge in [-0.15, -0.1) is 0 Å². The van der Waals surface area contributed by atoms with E-state index in [-0.39, 0.29) is 12.2 Å². The second kappa shape index (κ2) is 9.13. The molecule has 0 unspecified atom stereocenters. The minimum absolute atomic E-state index is 0.282. The molecule has 0 aliphatic heterocycles. The van der Waals surface area contributed by atoms with Crippen molar-refractivity contribution in [1.82, 2.24) is 14.7 Å². The molecule has 6 heteroatoms. The molecular weight excluding hydrogens is 318 g/mol. The molecule has 0 fully saturated rings. The lowest BCUT2D eigenvalue weighted by Gasteiger charge is -2.21. The maximum Gasteiger partial charge on any atom is 0.335 e. The summed E-state index contributed by atoms with van der Waals surface area (Å²) in [6.07, 6.45) is 0. The van der Waals surface area contributed by atoms with Crippen LogP contribution in [0.4, 0.5) is 0 Å². The Kier molecular flexibility index (Phi) is 6.89. The molecule has 134 valence electrons. The van der Waals surface area contributed by atoms with Gasteiger partial charge in [0.25, 0.3) is 5.56 Å². The predicted octanol–water partition coefficient (Wildman–Crippen LogP) is 2.03. The number of likely N-dealkylation sites (N-methyl/N-ethyl adjacent to an activating group) is 1. The first-order valence-electron chi connectivity index (χ1n) is 8.57. The molecule has 1 aromatic heterocycles. The van der Waals surface area contributed by atoms with Crippen LogP contribution in [0.2, 0.25) is 0 Å². The Morgan fingerprint density at radius 3 is 2.48 bits per heavy atom. The number of hydrogen-bond acceptors (Lipinski definition) is 5. The highest BCUT2D eigenvalue weighted by molar-refractivity contribution is 5.78. The number of rotatable bonds is 8. The predicted molar refractivity (Wildman–Crippen MR) is 96.6 cm³/mol. The normalized spacial score (nSPS) is 12.2. The number of aryl methyl sites for hydroxylation is 1. The third-order valence-corrected chi connectivity index (χ3v) is 4.09. The van der Waals surface area contributed by atoms with Crippen molar-refractivity contribution >= 4 is 5.97 Å². The van der Waals surface area contributed by atoms with Crippen LogP contribution in [-0.2, 0) is 9.53 Å². The Bertz CT molecular complexity index is 739. The highest BCUT2D eigenvalue weighted by atomic mass is 16.5. The van der Waals surface area contributed by atoms with Crippen molar-refractivity contribution in [2.24, 2.45) is 0 Å². The summed E-state index contributed by atoms with van der Waals surface area (Å²) in [7, 11) is 0. The molecule has 0 radical (unpaired) electrons. The standard InChI is InChI=1S/C19H25N3O3/c1-4-21(5-2)13-14-25-19(24)18(16-9-7-6-8-10-16)22-17(23)12-11-15(3)20-22/h6-12,18H,4-5,13-14H2,1-3H3/t18-/m0/s1. The van der Waals surface area contributed by atoms with Crippen molar-refractivity contribution in [3.8, 4) is 0 Å². The van der Waals surface area contributed by atoms with Crippen LogP contribution in [0.3, 0.4) is 0 Å². The molecule has 0 saturated carbocycles. The zero-order valence-corrected chi connectivity index (χ0v) is 15.0. The van der Waals surface area contributed by atoms with Crippen molar-refractivity contribution in [3.05, 3.63) is 64.1 Å². The lowest BCUT2D eigenvalue weighted by molar-refractivity contribution is -0.147. The van der Waals surface area contributed by atoms with Crippen LogP contribution in [0, 0.1) is 6.92 Å². The van der Waals surface area contributed by atoms with E-state index in [1.807, 2.05) is 18.2 Å². The second-order valence-corrected chi connectivity index (χ2v) is 5.77. The molecule has 1 aromatic carbocycles. The van der Waals surface area contributed by atoms with Gasteiger partial charge in [-0.1, -0.05) is 44.2 Å². The summed E-state index contributed by atoms with van der Waals surface area (Å²) in [5, 5.41) is 4.24. The van der Waals surface area contributed by atoms with Crippen LogP contribution in [-0.4, -0.2) is 46.9 Å². The van der Waals surface area contributed by atoms with Crippen molar-refractivity contribution in [2.75, 3.05) is 26.2 Å². The van der Waals surface area contributed by atoms with Crippen LogP contribution in [0.1, 0.15) is 31.1 Å². The fourth-order valence-electron chi connectivity index (χ4n) is 2.61. The lowest BCUT2D eigenvalue weighted by Crippen LogP contribution is -2.35. The minimum atomic E-state index is -0.884. The molecule has 0 amide bonds. The van der Waals surface area contributed by atoms with Gasteiger partial charge in [0.15, 0.2) is 6.04 Å². The van der Waals surface area contributed by atoms with Crippen molar-refractivity contribution in [2.45, 2.75) is 26.8 Å². The first-order chi connectivity index (χ1) is 12.1. The van der Waals surface area contributed by atoms with Crippen molar-refractivity contribution in [3.63, 3.8) is 0 Å². The topological polar surface area (TPSA) is 64.4 Å². The molecule has 0 bridgehead atoms. The number of carbonyl (C=O) groups is 1. The van der Waals surface area contributed by atoms with E-state index in [9.17, 15) is 9.59 Å². The Morgan fingerprint density at radius 1 is 1.16 bits per heavy atom. The Hall–Kier alpha value is -2.47. The van der Waals surface area contributed by atoms with Gasteiger partial charge in [-0.25, -0.2) is 9.48 Å². The van der Waals surface area contributed by atoms with Crippen LogP contribution in [0.5, 0.6) is 0 Å². The Balaban J connectivity index is 2.25. The molecule has 25 heavy (non-hydrogen) atoms. The summed E-state index contributed by atoms with van der Waals surface area (Å²) >= 11 is 0. The monoisotopic (exact) mass is 343 g/mol. The zero-order chi connectivity index (χ0) is 18.2. The number of carbonyl (C=O) groups excluding carboxylic acids is 1. The van der Waals surface area contributed by atoms with E-state index in [0.29, 0.717) is 17.8 Å². The average Bonchev–Trinajstić information content (AvgIpc) is 2.63. The number of ether oxygens (including phenoxy) is 1. The van der Waals surface area contributed by atoms with E-state index < -0.39 is 12.0 Å². The SMILES string of the molecule is CCN(CC)CCOC(=O)[C@H](c1ccccc1)n1nc(C)ccc1=O. The smallest absolute Gasteiger partial charge is 0.335 e. The summed E-state index contributed by atoms with van der Waals surface area (Å²) in [6.45, 7) is 8.65. The van der Waals surface area contributed by atoms with E-state index in [1.54, 1.807) is 25.1 Å². The Labute approximate surface area is 148 Å². The van der Waals surface area contributed by atoms with Gasteiger partial charge in [0.2, 0.25) is 0 Å². The van der Waals surface area contributed by atoms with E-state index in [0.717, 1.165) is 13.1 Å². The van der Waals surface area contributed by atoms with Crippen LogP contribution in [0.15, 0.2) is 47.3 Å². The third kappa shape index (κ3) is 5.00. The third-order valence-electron chi connectivity index (χ3n) is 4.09. The van der Waals surface area contributed by atoms with Crippen molar-refractivity contribution in [1.29, 1.82) is 0 Å². The highest BCUT2D eigenvalue weighted by Crippen LogP contribution is 2.17. The molecule has 1 atom stereocenters. The van der Waals surface area contributed by atoms with E-state index in [4.69, 9.17) is 4.74 Å². The Morgan fingerprint density at radius 2 is 1.84 bits per heavy atom. The summed E-state index contributed by atoms with van der Waals surface area (Å²) in [5.74, 6) is -0.474. The van der Waals surface area contributed by atoms with Gasteiger partial charge in [0.05, 0.1) is 5.69 Å².